The van der Waals surface area contributed by atoms with Gasteiger partial charge in [0.05, 0.1) is 32.3 Å². The van der Waals surface area contributed by atoms with Gasteiger partial charge < -0.3 is 25.2 Å². The summed E-state index contributed by atoms with van der Waals surface area (Å²) >= 11 is 0. The molecule has 0 spiro atoms. The summed E-state index contributed by atoms with van der Waals surface area (Å²) in [5, 5.41) is 8.84. The third kappa shape index (κ3) is 2.56. The molecule has 0 aromatic heterocycles. The Morgan fingerprint density at radius 3 is 2.71 bits per heavy atom. The van der Waals surface area contributed by atoms with Crippen molar-refractivity contribution in [3.8, 4) is 0 Å². The van der Waals surface area contributed by atoms with Gasteiger partial charge >= 0.3 is 5.97 Å². The number of carboxylic acids is 1. The Kier molecular flexibility index (Phi) is 3.60. The number of carboxylic acid groups (broad SMARTS) is 1. The lowest BCUT2D eigenvalue weighted by Gasteiger charge is -2.33. The lowest BCUT2D eigenvalue weighted by Crippen LogP contribution is -2.52. The molecule has 7 heteroatoms. The quantitative estimate of drug-likeness (QED) is 0.598. The van der Waals surface area contributed by atoms with Crippen LogP contribution in [-0.2, 0) is 19.1 Å². The molecule has 0 aromatic carbocycles. The van der Waals surface area contributed by atoms with E-state index in [-0.39, 0.29) is 31.0 Å². The highest BCUT2D eigenvalue weighted by molar-refractivity contribution is 5.81. The Bertz CT molecular complexity index is 322. The molecule has 0 radical (unpaired) electrons. The van der Waals surface area contributed by atoms with Crippen molar-refractivity contribution < 1.29 is 24.2 Å². The van der Waals surface area contributed by atoms with E-state index in [0.717, 1.165) is 0 Å². The zero-order valence-electron chi connectivity index (χ0n) is 9.37. The van der Waals surface area contributed by atoms with Gasteiger partial charge in [-0.2, -0.15) is 0 Å². The van der Waals surface area contributed by atoms with Gasteiger partial charge in [-0.15, -0.1) is 0 Å². The van der Waals surface area contributed by atoms with Crippen LogP contribution in [0.3, 0.4) is 0 Å². The monoisotopic (exact) mass is 244 g/mol. The van der Waals surface area contributed by atoms with Gasteiger partial charge in [-0.3, -0.25) is 4.79 Å². The summed E-state index contributed by atoms with van der Waals surface area (Å²) in [4.78, 5) is 24.4. The highest BCUT2D eigenvalue weighted by Gasteiger charge is 2.37. The second kappa shape index (κ2) is 4.99. The van der Waals surface area contributed by atoms with E-state index >= 15 is 0 Å². The molecule has 2 heterocycles. The summed E-state index contributed by atoms with van der Waals surface area (Å²) in [6, 6.07) is -0.298. The molecule has 17 heavy (non-hydrogen) atoms. The van der Waals surface area contributed by atoms with Crippen molar-refractivity contribution >= 4 is 11.9 Å². The summed E-state index contributed by atoms with van der Waals surface area (Å²) in [6.45, 7) is 1.42. The number of aliphatic carboxylic acids is 1. The van der Waals surface area contributed by atoms with Crippen LogP contribution in [0.2, 0.25) is 0 Å². The van der Waals surface area contributed by atoms with Gasteiger partial charge in [-0.25, -0.2) is 4.79 Å². The van der Waals surface area contributed by atoms with Crippen molar-refractivity contribution in [1.29, 1.82) is 0 Å². The summed E-state index contributed by atoms with van der Waals surface area (Å²) in [7, 11) is 0. The number of rotatable bonds is 2. The van der Waals surface area contributed by atoms with Gasteiger partial charge in [0.15, 0.2) is 6.10 Å². The summed E-state index contributed by atoms with van der Waals surface area (Å²) in [5.41, 5.74) is 5.76. The van der Waals surface area contributed by atoms with Crippen LogP contribution in [0.25, 0.3) is 0 Å². The Morgan fingerprint density at radius 1 is 1.35 bits per heavy atom. The highest BCUT2D eigenvalue weighted by Crippen LogP contribution is 2.17. The highest BCUT2D eigenvalue weighted by atomic mass is 16.5. The smallest absolute Gasteiger partial charge is 0.334 e. The molecule has 0 saturated carbocycles. The Morgan fingerprint density at radius 2 is 2.12 bits per heavy atom. The van der Waals surface area contributed by atoms with Crippen LogP contribution < -0.4 is 5.73 Å². The van der Waals surface area contributed by atoms with Gasteiger partial charge in [0, 0.05) is 12.6 Å². The standard InChI is InChI=1S/C10H16N2O5/c11-7-5-16-4-6(7)9(13)12-1-2-17-8(3-12)10(14)15/h6-8H,1-5,11H2,(H,14,15). The van der Waals surface area contributed by atoms with Gasteiger partial charge in [0.2, 0.25) is 5.91 Å². The van der Waals surface area contributed by atoms with E-state index in [1.165, 1.54) is 4.90 Å². The molecule has 2 saturated heterocycles. The van der Waals surface area contributed by atoms with E-state index in [9.17, 15) is 9.59 Å². The SMILES string of the molecule is NC1COCC1C(=O)N1CCOC(C(=O)O)C1. The topological polar surface area (TPSA) is 102 Å². The van der Waals surface area contributed by atoms with Crippen molar-refractivity contribution in [3.63, 3.8) is 0 Å². The second-order valence-corrected chi connectivity index (χ2v) is 4.29. The fourth-order valence-corrected chi connectivity index (χ4v) is 2.06. The number of hydrogen-bond acceptors (Lipinski definition) is 5. The zero-order valence-corrected chi connectivity index (χ0v) is 9.37. The molecule has 3 unspecified atom stereocenters. The first-order chi connectivity index (χ1) is 8.09. The largest absolute Gasteiger partial charge is 0.479 e. The zero-order chi connectivity index (χ0) is 12.4. The number of nitrogens with two attached hydrogens (primary N) is 1. The Hall–Kier alpha value is -1.18. The van der Waals surface area contributed by atoms with Crippen LogP contribution >= 0.6 is 0 Å². The average Bonchev–Trinajstić information content (AvgIpc) is 2.74. The van der Waals surface area contributed by atoms with E-state index in [0.29, 0.717) is 19.8 Å². The van der Waals surface area contributed by atoms with Crippen molar-refractivity contribution in [3.05, 3.63) is 0 Å². The molecule has 2 aliphatic heterocycles. The third-order valence-electron chi connectivity index (χ3n) is 3.10. The maximum Gasteiger partial charge on any atom is 0.334 e. The number of ether oxygens (including phenoxy) is 2. The van der Waals surface area contributed by atoms with Crippen LogP contribution in [-0.4, -0.2) is 66.9 Å². The normalized spacial score (nSPS) is 33.7. The third-order valence-corrected chi connectivity index (χ3v) is 3.10. The maximum absolute atomic E-state index is 12.1. The molecule has 7 nitrogen and oxygen atoms in total. The van der Waals surface area contributed by atoms with Crippen molar-refractivity contribution in [2.45, 2.75) is 12.1 Å². The molecule has 0 bridgehead atoms. The number of amides is 1. The number of hydrogen-bond donors (Lipinski definition) is 2. The van der Waals surface area contributed by atoms with E-state index in [1.807, 2.05) is 0 Å². The van der Waals surface area contributed by atoms with E-state index in [4.69, 9.17) is 20.3 Å². The molecule has 2 fully saturated rings. The van der Waals surface area contributed by atoms with E-state index < -0.39 is 12.1 Å². The predicted molar refractivity (Wildman–Crippen MR) is 56.2 cm³/mol. The lowest BCUT2D eigenvalue weighted by atomic mass is 10.0. The number of carbonyl (C=O) groups excluding carboxylic acids is 1. The lowest BCUT2D eigenvalue weighted by molar-refractivity contribution is -0.160. The van der Waals surface area contributed by atoms with Crippen molar-refractivity contribution in [2.24, 2.45) is 11.7 Å². The van der Waals surface area contributed by atoms with Gasteiger partial charge in [0.1, 0.15) is 0 Å². The van der Waals surface area contributed by atoms with Crippen molar-refractivity contribution in [2.75, 3.05) is 32.9 Å². The molecular weight excluding hydrogens is 228 g/mol. The molecule has 0 aromatic rings. The Balaban J connectivity index is 1.97. The molecule has 3 N–H and O–H groups in total. The molecule has 3 atom stereocenters. The van der Waals surface area contributed by atoms with Crippen LogP contribution in [0.5, 0.6) is 0 Å². The van der Waals surface area contributed by atoms with Crippen LogP contribution in [0, 0.1) is 5.92 Å². The fourth-order valence-electron chi connectivity index (χ4n) is 2.06. The number of morpholine rings is 1. The number of carbonyl (C=O) groups is 2. The van der Waals surface area contributed by atoms with Crippen LogP contribution in [0.1, 0.15) is 0 Å². The Labute approximate surface area is 98.5 Å². The molecule has 96 valence electrons. The minimum atomic E-state index is -1.05. The van der Waals surface area contributed by atoms with Gasteiger partial charge in [-0.05, 0) is 0 Å². The summed E-state index contributed by atoms with van der Waals surface area (Å²) in [6.07, 6.45) is -0.939. The number of nitrogens with zero attached hydrogens (tertiary/aromatic N) is 1. The van der Waals surface area contributed by atoms with Crippen LogP contribution in [0.15, 0.2) is 0 Å². The van der Waals surface area contributed by atoms with E-state index in [1.54, 1.807) is 0 Å². The van der Waals surface area contributed by atoms with Gasteiger partial charge in [0.25, 0.3) is 0 Å². The minimum Gasteiger partial charge on any atom is -0.479 e. The summed E-state index contributed by atoms with van der Waals surface area (Å²) < 4.78 is 10.2. The first-order valence-electron chi connectivity index (χ1n) is 5.56. The summed E-state index contributed by atoms with van der Waals surface area (Å²) in [5.74, 6) is -1.54. The molecular formula is C10H16N2O5. The molecule has 0 aliphatic carbocycles. The van der Waals surface area contributed by atoms with E-state index in [2.05, 4.69) is 0 Å². The minimum absolute atomic E-state index is 0.0807. The predicted octanol–water partition coefficient (Wildman–Crippen LogP) is -1.73. The van der Waals surface area contributed by atoms with Crippen molar-refractivity contribution in [1.82, 2.24) is 4.90 Å². The fraction of sp³-hybridized carbons (Fsp3) is 0.800. The second-order valence-electron chi connectivity index (χ2n) is 4.29. The van der Waals surface area contributed by atoms with Crippen LogP contribution in [0.4, 0.5) is 0 Å². The maximum atomic E-state index is 12.1. The molecule has 2 aliphatic rings. The molecule has 2 rings (SSSR count). The molecule has 1 amide bonds. The first kappa shape index (κ1) is 12.3. The first-order valence-corrected chi connectivity index (χ1v) is 5.56. The van der Waals surface area contributed by atoms with Gasteiger partial charge in [-0.1, -0.05) is 0 Å². The average molecular weight is 244 g/mol.